The van der Waals surface area contributed by atoms with E-state index < -0.39 is 0 Å². The molecule has 2 rings (SSSR count). The van der Waals surface area contributed by atoms with Gasteiger partial charge in [-0.05, 0) is 6.42 Å². The highest BCUT2D eigenvalue weighted by Crippen LogP contribution is 2.18. The molecule has 5 nitrogen and oxygen atoms in total. The van der Waals surface area contributed by atoms with Crippen molar-refractivity contribution in [3.63, 3.8) is 0 Å². The molecule has 0 aromatic carbocycles. The molecule has 0 aliphatic carbocycles. The van der Waals surface area contributed by atoms with Gasteiger partial charge in [-0.2, -0.15) is 0 Å². The van der Waals surface area contributed by atoms with Crippen molar-refractivity contribution in [2.75, 3.05) is 13.1 Å². The van der Waals surface area contributed by atoms with Crippen LogP contribution in [0.15, 0.2) is 4.99 Å². The van der Waals surface area contributed by atoms with E-state index in [9.17, 15) is 0 Å². The van der Waals surface area contributed by atoms with Crippen molar-refractivity contribution in [1.29, 1.82) is 0 Å². The first-order valence-corrected chi connectivity index (χ1v) is 6.42. The zero-order valence-electron chi connectivity index (χ0n) is 9.66. The average molecular weight is 239 g/mol. The van der Waals surface area contributed by atoms with Gasteiger partial charge in [0.2, 0.25) is 0 Å². The van der Waals surface area contributed by atoms with Crippen LogP contribution >= 0.6 is 11.3 Å². The minimum Gasteiger partial charge on any atom is -0.356 e. The lowest BCUT2D eigenvalue weighted by Gasteiger charge is -2.14. The third-order valence-electron chi connectivity index (χ3n) is 2.28. The summed E-state index contributed by atoms with van der Waals surface area (Å²) < 4.78 is 0. The zero-order valence-corrected chi connectivity index (χ0v) is 10.5. The maximum atomic E-state index is 4.34. The molecule has 1 aliphatic rings. The quantitative estimate of drug-likeness (QED) is 0.829. The van der Waals surface area contributed by atoms with Crippen LogP contribution in [0.1, 0.15) is 36.2 Å². The second kappa shape index (κ2) is 5.25. The molecule has 0 amide bonds. The molecule has 1 aliphatic heterocycles. The van der Waals surface area contributed by atoms with Gasteiger partial charge in [-0.25, -0.2) is 0 Å². The highest BCUT2D eigenvalue weighted by molar-refractivity contribution is 7.11. The van der Waals surface area contributed by atoms with Crippen LogP contribution in [-0.2, 0) is 6.54 Å². The van der Waals surface area contributed by atoms with Gasteiger partial charge in [0.25, 0.3) is 0 Å². The van der Waals surface area contributed by atoms with Crippen molar-refractivity contribution in [1.82, 2.24) is 20.8 Å². The normalized spacial score (nSPS) is 15.8. The minimum absolute atomic E-state index is 0.455. The standard InChI is InChI=1S/C10H17N5S/c1-7(2)9-15-14-8(16-9)6-13-10-11-4-3-5-12-10/h7H,3-6H2,1-2H3,(H2,11,12,13). The molecule has 0 unspecified atom stereocenters. The molecule has 1 aromatic heterocycles. The minimum atomic E-state index is 0.455. The van der Waals surface area contributed by atoms with Crippen LogP contribution in [0.25, 0.3) is 0 Å². The van der Waals surface area contributed by atoms with Crippen LogP contribution in [0.3, 0.4) is 0 Å². The fourth-order valence-electron chi connectivity index (χ4n) is 1.38. The summed E-state index contributed by atoms with van der Waals surface area (Å²) in [4.78, 5) is 4.34. The molecule has 88 valence electrons. The Kier molecular flexibility index (Phi) is 3.71. The number of hydrogen-bond acceptors (Lipinski definition) is 6. The summed E-state index contributed by atoms with van der Waals surface area (Å²) in [5.41, 5.74) is 0. The van der Waals surface area contributed by atoms with Gasteiger partial charge >= 0.3 is 0 Å². The van der Waals surface area contributed by atoms with Gasteiger partial charge in [0.05, 0.1) is 6.54 Å². The maximum Gasteiger partial charge on any atom is 0.191 e. The lowest BCUT2D eigenvalue weighted by molar-refractivity contribution is 0.699. The van der Waals surface area contributed by atoms with Crippen LogP contribution in [-0.4, -0.2) is 29.2 Å². The number of aliphatic imine (C=N–C) groups is 1. The van der Waals surface area contributed by atoms with E-state index in [1.54, 1.807) is 11.3 Å². The zero-order chi connectivity index (χ0) is 11.4. The Morgan fingerprint density at radius 3 is 2.94 bits per heavy atom. The molecule has 0 saturated heterocycles. The Morgan fingerprint density at radius 2 is 2.31 bits per heavy atom. The number of guanidine groups is 1. The van der Waals surface area contributed by atoms with Crippen molar-refractivity contribution in [3.05, 3.63) is 10.0 Å². The number of nitrogens with zero attached hydrogens (tertiary/aromatic N) is 3. The van der Waals surface area contributed by atoms with E-state index in [1.165, 1.54) is 0 Å². The molecule has 0 fully saturated rings. The summed E-state index contributed by atoms with van der Waals surface area (Å²) in [6.07, 6.45) is 1.11. The fourth-order valence-corrected chi connectivity index (χ4v) is 2.17. The molecule has 0 saturated carbocycles. The lowest BCUT2D eigenvalue weighted by Crippen LogP contribution is -2.40. The number of nitrogens with one attached hydrogen (secondary N) is 2. The first kappa shape index (κ1) is 11.3. The van der Waals surface area contributed by atoms with Gasteiger partial charge in [-0.1, -0.05) is 25.2 Å². The van der Waals surface area contributed by atoms with Crippen LogP contribution in [0.2, 0.25) is 0 Å². The van der Waals surface area contributed by atoms with Crippen molar-refractivity contribution < 1.29 is 0 Å². The summed E-state index contributed by atoms with van der Waals surface area (Å²) in [5, 5.41) is 16.8. The van der Waals surface area contributed by atoms with Crippen LogP contribution in [0.4, 0.5) is 0 Å². The van der Waals surface area contributed by atoms with Crippen molar-refractivity contribution in [3.8, 4) is 0 Å². The Bertz CT molecular complexity index is 371. The van der Waals surface area contributed by atoms with E-state index in [0.717, 1.165) is 35.5 Å². The molecule has 2 heterocycles. The first-order valence-electron chi connectivity index (χ1n) is 5.60. The largest absolute Gasteiger partial charge is 0.356 e. The molecule has 0 spiro atoms. The predicted molar refractivity (Wildman–Crippen MR) is 65.8 cm³/mol. The first-order chi connectivity index (χ1) is 7.75. The molecular weight excluding hydrogens is 222 g/mol. The highest BCUT2D eigenvalue weighted by Gasteiger charge is 2.08. The predicted octanol–water partition coefficient (Wildman–Crippen LogP) is 1.10. The number of rotatable bonds is 3. The molecule has 0 atom stereocenters. The van der Waals surface area contributed by atoms with Gasteiger partial charge in [0.1, 0.15) is 10.0 Å². The van der Waals surface area contributed by atoms with Gasteiger partial charge in [0.15, 0.2) is 5.96 Å². The molecule has 0 bridgehead atoms. The summed E-state index contributed by atoms with van der Waals surface area (Å²) in [5.74, 6) is 1.34. The van der Waals surface area contributed by atoms with Crippen molar-refractivity contribution in [2.45, 2.75) is 32.7 Å². The molecule has 0 radical (unpaired) electrons. The summed E-state index contributed by atoms with van der Waals surface area (Å²) >= 11 is 1.66. The molecule has 6 heteroatoms. The van der Waals surface area contributed by atoms with Crippen molar-refractivity contribution in [2.24, 2.45) is 4.99 Å². The fraction of sp³-hybridized carbons (Fsp3) is 0.700. The second-order valence-corrected chi connectivity index (χ2v) is 5.15. The van der Waals surface area contributed by atoms with Crippen LogP contribution < -0.4 is 10.6 Å². The van der Waals surface area contributed by atoms with Crippen molar-refractivity contribution >= 4 is 17.3 Å². The molecular formula is C10H17N5S. The second-order valence-electron chi connectivity index (χ2n) is 4.05. The Labute approximate surface area is 99.4 Å². The molecule has 1 aromatic rings. The third kappa shape index (κ3) is 2.91. The Morgan fingerprint density at radius 1 is 1.44 bits per heavy atom. The van der Waals surface area contributed by atoms with E-state index in [0.29, 0.717) is 12.5 Å². The summed E-state index contributed by atoms with van der Waals surface area (Å²) in [6.45, 7) is 6.87. The van der Waals surface area contributed by atoms with Crippen LogP contribution in [0, 0.1) is 0 Å². The van der Waals surface area contributed by atoms with Gasteiger partial charge in [-0.3, -0.25) is 4.99 Å². The topological polar surface area (TPSA) is 62.2 Å². The highest BCUT2D eigenvalue weighted by atomic mass is 32.1. The van der Waals surface area contributed by atoms with E-state index >= 15 is 0 Å². The van der Waals surface area contributed by atoms with Gasteiger partial charge < -0.3 is 10.6 Å². The van der Waals surface area contributed by atoms with Gasteiger partial charge in [-0.15, -0.1) is 10.2 Å². The van der Waals surface area contributed by atoms with Gasteiger partial charge in [0, 0.05) is 19.0 Å². The van der Waals surface area contributed by atoms with Crippen LogP contribution in [0.5, 0.6) is 0 Å². The number of hydrogen-bond donors (Lipinski definition) is 2. The summed E-state index contributed by atoms with van der Waals surface area (Å²) in [7, 11) is 0. The van der Waals surface area contributed by atoms with E-state index in [2.05, 4.69) is 39.7 Å². The average Bonchev–Trinajstić information content (AvgIpc) is 2.76. The summed E-state index contributed by atoms with van der Waals surface area (Å²) in [6, 6.07) is 0. The smallest absolute Gasteiger partial charge is 0.191 e. The number of aromatic nitrogens is 2. The monoisotopic (exact) mass is 239 g/mol. The molecule has 16 heavy (non-hydrogen) atoms. The Hall–Kier alpha value is -1.17. The van der Waals surface area contributed by atoms with E-state index in [1.807, 2.05) is 0 Å². The SMILES string of the molecule is CC(C)c1nnc(CNC2=NCCCN2)s1. The lowest BCUT2D eigenvalue weighted by atomic mass is 10.2. The molecule has 2 N–H and O–H groups in total. The third-order valence-corrected chi connectivity index (χ3v) is 3.50. The maximum absolute atomic E-state index is 4.34. The van der Waals surface area contributed by atoms with E-state index in [-0.39, 0.29) is 0 Å². The van der Waals surface area contributed by atoms with E-state index in [4.69, 9.17) is 0 Å². The Balaban J connectivity index is 1.86.